The van der Waals surface area contributed by atoms with Crippen molar-refractivity contribution in [1.29, 1.82) is 0 Å². The molecule has 2 heterocycles. The van der Waals surface area contributed by atoms with E-state index in [4.69, 9.17) is 0 Å². The van der Waals surface area contributed by atoms with Gasteiger partial charge in [-0.3, -0.25) is 19.2 Å². The average molecular weight is 519 g/mol. The highest BCUT2D eigenvalue weighted by Gasteiger charge is 2.76. The van der Waals surface area contributed by atoms with Gasteiger partial charge in [-0.15, -0.1) is 0 Å². The summed E-state index contributed by atoms with van der Waals surface area (Å²) in [5, 5.41) is 2.49. The minimum atomic E-state index is -6.06. The predicted octanol–water partition coefficient (Wildman–Crippen LogP) is 5.25. The normalized spacial score (nSPS) is 14.1. The van der Waals surface area contributed by atoms with E-state index in [0.717, 1.165) is 0 Å². The lowest BCUT2D eigenvalue weighted by Gasteiger charge is -2.52. The number of hydrogen-bond acceptors (Lipinski definition) is 4. The minimum absolute atomic E-state index is 0.135. The van der Waals surface area contributed by atoms with Crippen LogP contribution in [0.4, 0.5) is 4.39 Å². The number of aromatic nitrogens is 3. The summed E-state index contributed by atoms with van der Waals surface area (Å²) in [6.45, 7) is 13.4. The number of H-pyrrole nitrogens is 1. The first-order chi connectivity index (χ1) is 15.4. The maximum absolute atomic E-state index is 17.1. The lowest BCUT2D eigenvalue weighted by molar-refractivity contribution is 0.0631. The van der Waals surface area contributed by atoms with Crippen molar-refractivity contribution in [1.82, 2.24) is 15.2 Å². The summed E-state index contributed by atoms with van der Waals surface area (Å²) in [5.41, 5.74) is -0.139. The van der Waals surface area contributed by atoms with Gasteiger partial charge in [-0.25, -0.2) is 4.39 Å². The molecule has 0 aliphatic rings. The van der Waals surface area contributed by atoms with E-state index >= 15 is 4.39 Å². The molecule has 0 aromatic carbocycles. The third kappa shape index (κ3) is 4.23. The van der Waals surface area contributed by atoms with Gasteiger partial charge in [0.05, 0.1) is 11.6 Å². The molecular weight excluding hydrogens is 483 g/mol. The molecule has 0 amide bonds. The minimum Gasteiger partial charge on any atom is -0.322 e. The molecule has 0 unspecified atom stereocenters. The molecule has 0 atom stereocenters. The molecular formula is C22H36FN3O6P2. The number of halogens is 1. The lowest BCUT2D eigenvalue weighted by atomic mass is 9.61. The Morgan fingerprint density at radius 3 is 1.71 bits per heavy atom. The molecule has 5 N–H and O–H groups in total. The number of hydrogen-bond donors (Lipinski definition) is 5. The largest absolute Gasteiger partial charge is 0.376 e. The fraction of sp³-hybridized carbons (Fsp3) is 0.636. The van der Waals surface area contributed by atoms with Crippen LogP contribution in [-0.2, 0) is 14.5 Å². The molecule has 0 fully saturated rings. The van der Waals surface area contributed by atoms with Gasteiger partial charge in [0.2, 0.25) is 0 Å². The molecule has 2 rings (SSSR count). The molecule has 0 saturated heterocycles. The summed E-state index contributed by atoms with van der Waals surface area (Å²) in [7, 11) is -12.1. The Morgan fingerprint density at radius 2 is 1.38 bits per heavy atom. The van der Waals surface area contributed by atoms with Gasteiger partial charge in [0.15, 0.2) is 0 Å². The SMILES string of the molecule is CC(C)c1ncc(-c2cn[nH]c2)c(C(C)C)c1C(C(C)C)(C(C)C)C(F)(P(=O)(O)O)P(=O)(O)O. The second kappa shape index (κ2) is 9.57. The standard InChI is InChI=1S/C22H36FN3O6P2/c1-12(2)18-17(16-9-25-26-10-16)11-24-20(13(3)4)19(18)21(14(5)6,15(7)8)22(23,33(27,28)29)34(30,31)32/h9-15H,1-8H3,(H,25,26)(H2,27,28,29)(H2,30,31,32). The molecule has 0 aliphatic heterocycles. The van der Waals surface area contributed by atoms with E-state index < -0.39 is 37.6 Å². The molecule has 0 bridgehead atoms. The van der Waals surface area contributed by atoms with Gasteiger partial charge in [0.25, 0.3) is 0 Å². The molecule has 0 saturated carbocycles. The van der Waals surface area contributed by atoms with Crippen molar-refractivity contribution in [2.75, 3.05) is 0 Å². The van der Waals surface area contributed by atoms with Gasteiger partial charge in [0.1, 0.15) is 0 Å². The zero-order valence-corrected chi connectivity index (χ0v) is 22.6. The molecule has 12 heteroatoms. The monoisotopic (exact) mass is 519 g/mol. The molecule has 0 aliphatic carbocycles. The first-order valence-electron chi connectivity index (χ1n) is 11.2. The highest BCUT2D eigenvalue weighted by atomic mass is 31.2. The van der Waals surface area contributed by atoms with Crippen LogP contribution in [0.15, 0.2) is 18.6 Å². The van der Waals surface area contributed by atoms with Crippen molar-refractivity contribution in [3.63, 3.8) is 0 Å². The Morgan fingerprint density at radius 1 is 0.882 bits per heavy atom. The highest BCUT2D eigenvalue weighted by molar-refractivity contribution is 7.72. The lowest BCUT2D eigenvalue weighted by Crippen LogP contribution is -2.56. The number of nitrogens with zero attached hydrogens (tertiary/aromatic N) is 2. The molecule has 2 aromatic rings. The van der Waals surface area contributed by atoms with E-state index in [1.807, 2.05) is 13.8 Å². The Kier molecular flexibility index (Phi) is 8.11. The highest BCUT2D eigenvalue weighted by Crippen LogP contribution is 2.79. The maximum atomic E-state index is 17.1. The summed E-state index contributed by atoms with van der Waals surface area (Å²) in [6.07, 6.45) is 4.75. The molecule has 2 aromatic heterocycles. The number of pyridine rings is 1. The summed E-state index contributed by atoms with van der Waals surface area (Å²) < 4.78 is 42.7. The average Bonchev–Trinajstić information content (AvgIpc) is 3.19. The van der Waals surface area contributed by atoms with Crippen molar-refractivity contribution >= 4 is 15.2 Å². The van der Waals surface area contributed by atoms with Crippen LogP contribution in [0.5, 0.6) is 0 Å². The zero-order valence-electron chi connectivity index (χ0n) is 20.8. The van der Waals surface area contributed by atoms with E-state index in [1.165, 1.54) is 27.7 Å². The molecule has 192 valence electrons. The Hall–Kier alpha value is -1.41. The summed E-state index contributed by atoms with van der Waals surface area (Å²) in [5.74, 6) is -2.51. The van der Waals surface area contributed by atoms with Gasteiger partial charge in [-0.05, 0) is 34.8 Å². The van der Waals surface area contributed by atoms with Crippen LogP contribution in [-0.4, -0.2) is 39.9 Å². The van der Waals surface area contributed by atoms with E-state index in [9.17, 15) is 28.7 Å². The van der Waals surface area contributed by atoms with Crippen LogP contribution >= 0.6 is 15.2 Å². The van der Waals surface area contributed by atoms with Crippen LogP contribution in [0, 0.1) is 11.8 Å². The Labute approximate surface area is 199 Å². The molecule has 0 spiro atoms. The number of alkyl halides is 1. The first kappa shape index (κ1) is 28.8. The molecule has 9 nitrogen and oxygen atoms in total. The van der Waals surface area contributed by atoms with Gasteiger partial charge in [-0.1, -0.05) is 55.4 Å². The van der Waals surface area contributed by atoms with Crippen molar-refractivity contribution in [2.45, 2.75) is 77.8 Å². The summed E-state index contributed by atoms with van der Waals surface area (Å²) in [4.78, 5) is 45.7. The van der Waals surface area contributed by atoms with Crippen molar-refractivity contribution in [3.05, 3.63) is 35.4 Å². The third-order valence-electron chi connectivity index (χ3n) is 6.62. The van der Waals surface area contributed by atoms with Crippen LogP contribution in [0.3, 0.4) is 0 Å². The quantitative estimate of drug-likeness (QED) is 0.281. The smallest absolute Gasteiger partial charge is 0.322 e. The fourth-order valence-electron chi connectivity index (χ4n) is 5.43. The number of aromatic amines is 1. The van der Waals surface area contributed by atoms with Crippen LogP contribution in [0.2, 0.25) is 0 Å². The Balaban J connectivity index is 3.37. The number of nitrogens with one attached hydrogen (secondary N) is 1. The van der Waals surface area contributed by atoms with Crippen molar-refractivity contribution < 1.29 is 33.1 Å². The second-order valence-electron chi connectivity index (χ2n) is 10.00. The topological polar surface area (TPSA) is 157 Å². The van der Waals surface area contributed by atoms with Gasteiger partial charge in [0, 0.05) is 29.2 Å². The van der Waals surface area contributed by atoms with Gasteiger partial charge in [-0.2, -0.15) is 5.10 Å². The van der Waals surface area contributed by atoms with Crippen molar-refractivity contribution in [2.24, 2.45) is 11.8 Å². The van der Waals surface area contributed by atoms with Crippen LogP contribution in [0.1, 0.15) is 84.0 Å². The third-order valence-corrected chi connectivity index (χ3v) is 10.5. The zero-order chi connectivity index (χ0) is 26.4. The Bertz CT molecular complexity index is 1080. The van der Waals surface area contributed by atoms with E-state index in [-0.39, 0.29) is 17.4 Å². The second-order valence-corrected chi connectivity index (χ2v) is 13.8. The first-order valence-corrected chi connectivity index (χ1v) is 14.4. The van der Waals surface area contributed by atoms with E-state index in [0.29, 0.717) is 22.4 Å². The molecule has 0 radical (unpaired) electrons. The summed E-state index contributed by atoms with van der Waals surface area (Å²) in [6, 6.07) is 0. The predicted molar refractivity (Wildman–Crippen MR) is 129 cm³/mol. The summed E-state index contributed by atoms with van der Waals surface area (Å²) >= 11 is 0. The maximum Gasteiger partial charge on any atom is 0.376 e. The molecule has 34 heavy (non-hydrogen) atoms. The van der Waals surface area contributed by atoms with Gasteiger partial charge < -0.3 is 19.6 Å². The number of rotatable bonds is 9. The van der Waals surface area contributed by atoms with Crippen LogP contribution in [0.25, 0.3) is 11.1 Å². The van der Waals surface area contributed by atoms with Gasteiger partial charge >= 0.3 is 20.3 Å². The van der Waals surface area contributed by atoms with Crippen molar-refractivity contribution in [3.8, 4) is 11.1 Å². The van der Waals surface area contributed by atoms with E-state index in [2.05, 4.69) is 15.2 Å². The van der Waals surface area contributed by atoms with E-state index in [1.54, 1.807) is 32.4 Å². The fourth-order valence-corrected chi connectivity index (χ4v) is 9.01. The van der Waals surface area contributed by atoms with Crippen LogP contribution < -0.4 is 0 Å².